The number of rotatable bonds is 8. The summed E-state index contributed by atoms with van der Waals surface area (Å²) in [6, 6.07) is 19.4. The SMILES string of the molecule is COc1ccc(COc2ccc(Nc3ccc4ncc(N5CCCC5)nc4c3C#N)cc2OC)cc1. The van der Waals surface area contributed by atoms with Crippen molar-refractivity contribution in [3.8, 4) is 23.3 Å². The summed E-state index contributed by atoms with van der Waals surface area (Å²) in [6.07, 6.45) is 4.08. The Morgan fingerprint density at radius 2 is 1.78 bits per heavy atom. The Kier molecular flexibility index (Phi) is 6.72. The monoisotopic (exact) mass is 481 g/mol. The lowest BCUT2D eigenvalue weighted by atomic mass is 10.1. The molecule has 0 radical (unpaired) electrons. The summed E-state index contributed by atoms with van der Waals surface area (Å²) >= 11 is 0. The number of aromatic nitrogens is 2. The van der Waals surface area contributed by atoms with Crippen LogP contribution in [0.5, 0.6) is 17.2 Å². The Balaban J connectivity index is 1.37. The molecule has 4 aromatic rings. The van der Waals surface area contributed by atoms with Crippen molar-refractivity contribution < 1.29 is 14.2 Å². The van der Waals surface area contributed by atoms with Crippen LogP contribution in [0, 0.1) is 11.3 Å². The van der Waals surface area contributed by atoms with Gasteiger partial charge in [0, 0.05) is 24.8 Å². The van der Waals surface area contributed by atoms with Crippen LogP contribution in [0.4, 0.5) is 17.2 Å². The van der Waals surface area contributed by atoms with E-state index in [0.717, 1.165) is 48.7 Å². The number of nitrogens with zero attached hydrogens (tertiary/aromatic N) is 4. The minimum Gasteiger partial charge on any atom is -0.497 e. The molecule has 1 fully saturated rings. The molecule has 0 spiro atoms. The smallest absolute Gasteiger partial charge is 0.162 e. The van der Waals surface area contributed by atoms with E-state index < -0.39 is 0 Å². The van der Waals surface area contributed by atoms with E-state index in [4.69, 9.17) is 19.2 Å². The first-order valence-electron chi connectivity index (χ1n) is 11.8. The fraction of sp³-hybridized carbons (Fsp3) is 0.250. The zero-order valence-electron chi connectivity index (χ0n) is 20.3. The lowest BCUT2D eigenvalue weighted by Crippen LogP contribution is -2.19. The summed E-state index contributed by atoms with van der Waals surface area (Å²) in [4.78, 5) is 11.6. The quantitative estimate of drug-likeness (QED) is 0.356. The number of methoxy groups -OCH3 is 2. The third-order valence-electron chi connectivity index (χ3n) is 6.24. The van der Waals surface area contributed by atoms with Gasteiger partial charge in [-0.25, -0.2) is 4.98 Å². The summed E-state index contributed by atoms with van der Waals surface area (Å²) in [5.41, 5.74) is 4.19. The number of nitriles is 1. The Morgan fingerprint density at radius 3 is 2.50 bits per heavy atom. The van der Waals surface area contributed by atoms with E-state index in [2.05, 4.69) is 21.3 Å². The molecule has 182 valence electrons. The molecule has 0 aliphatic carbocycles. The van der Waals surface area contributed by atoms with Gasteiger partial charge in [-0.2, -0.15) is 5.26 Å². The maximum atomic E-state index is 9.98. The summed E-state index contributed by atoms with van der Waals surface area (Å²) in [7, 11) is 3.24. The molecule has 3 aromatic carbocycles. The molecule has 1 aromatic heterocycles. The molecule has 0 saturated carbocycles. The van der Waals surface area contributed by atoms with E-state index in [0.29, 0.717) is 40.4 Å². The summed E-state index contributed by atoms with van der Waals surface area (Å²) < 4.78 is 16.8. The predicted molar refractivity (Wildman–Crippen MR) is 139 cm³/mol. The Labute approximate surface area is 210 Å². The lowest BCUT2D eigenvalue weighted by Gasteiger charge is -2.17. The molecular formula is C28H27N5O3. The summed E-state index contributed by atoms with van der Waals surface area (Å²) in [6.45, 7) is 2.33. The van der Waals surface area contributed by atoms with E-state index in [9.17, 15) is 5.26 Å². The molecule has 1 saturated heterocycles. The highest BCUT2D eigenvalue weighted by molar-refractivity contribution is 5.89. The second-order valence-corrected chi connectivity index (χ2v) is 8.52. The van der Waals surface area contributed by atoms with Gasteiger partial charge in [-0.1, -0.05) is 12.1 Å². The van der Waals surface area contributed by atoms with Crippen molar-refractivity contribution in [3.63, 3.8) is 0 Å². The maximum Gasteiger partial charge on any atom is 0.162 e. The zero-order valence-corrected chi connectivity index (χ0v) is 20.3. The number of benzene rings is 3. The first-order chi connectivity index (χ1) is 17.7. The number of nitrogens with one attached hydrogen (secondary N) is 1. The van der Waals surface area contributed by atoms with Crippen LogP contribution < -0.4 is 24.4 Å². The van der Waals surface area contributed by atoms with Gasteiger partial charge in [0.05, 0.1) is 31.6 Å². The minimum absolute atomic E-state index is 0.397. The van der Waals surface area contributed by atoms with Crippen molar-refractivity contribution in [2.75, 3.05) is 37.5 Å². The van der Waals surface area contributed by atoms with Crippen LogP contribution in [0.3, 0.4) is 0 Å². The summed E-state index contributed by atoms with van der Waals surface area (Å²) in [5.74, 6) is 2.83. The minimum atomic E-state index is 0.397. The van der Waals surface area contributed by atoms with E-state index in [1.165, 1.54) is 0 Å². The molecule has 0 bridgehead atoms. The van der Waals surface area contributed by atoms with Crippen LogP contribution >= 0.6 is 0 Å². The highest BCUT2D eigenvalue weighted by Crippen LogP contribution is 2.34. The third-order valence-corrected chi connectivity index (χ3v) is 6.24. The number of ether oxygens (including phenoxy) is 3. The molecule has 0 atom stereocenters. The van der Waals surface area contributed by atoms with Gasteiger partial charge in [-0.05, 0) is 54.8 Å². The molecule has 2 heterocycles. The van der Waals surface area contributed by atoms with Gasteiger partial charge in [0.15, 0.2) is 11.5 Å². The average Bonchev–Trinajstić information content (AvgIpc) is 3.47. The largest absolute Gasteiger partial charge is 0.497 e. The zero-order chi connectivity index (χ0) is 24.9. The standard InChI is InChI=1S/C28H27N5O3/c1-34-21-8-5-19(6-9-21)18-36-25-12-7-20(15-26(25)35-2)31-23-10-11-24-28(22(23)16-29)32-27(17-30-24)33-13-3-4-14-33/h5-12,15,17,31H,3-4,13-14,18H2,1-2H3. The molecule has 1 N–H and O–H groups in total. The van der Waals surface area contributed by atoms with E-state index >= 15 is 0 Å². The molecule has 5 rings (SSSR count). The van der Waals surface area contributed by atoms with Crippen LogP contribution in [-0.2, 0) is 6.61 Å². The number of hydrogen-bond donors (Lipinski definition) is 1. The van der Waals surface area contributed by atoms with Gasteiger partial charge < -0.3 is 24.4 Å². The van der Waals surface area contributed by atoms with E-state index in [1.807, 2.05) is 54.6 Å². The fourth-order valence-electron chi connectivity index (χ4n) is 4.29. The maximum absolute atomic E-state index is 9.98. The highest BCUT2D eigenvalue weighted by Gasteiger charge is 2.17. The highest BCUT2D eigenvalue weighted by atomic mass is 16.5. The molecule has 1 aliphatic heterocycles. The van der Waals surface area contributed by atoms with Crippen LogP contribution in [-0.4, -0.2) is 37.3 Å². The van der Waals surface area contributed by atoms with Crippen molar-refractivity contribution in [1.29, 1.82) is 5.26 Å². The second-order valence-electron chi connectivity index (χ2n) is 8.52. The van der Waals surface area contributed by atoms with E-state index in [-0.39, 0.29) is 0 Å². The van der Waals surface area contributed by atoms with Crippen molar-refractivity contribution in [2.45, 2.75) is 19.4 Å². The van der Waals surface area contributed by atoms with Crippen LogP contribution in [0.2, 0.25) is 0 Å². The van der Waals surface area contributed by atoms with Gasteiger partial charge in [0.1, 0.15) is 35.3 Å². The number of anilines is 3. The average molecular weight is 482 g/mol. The van der Waals surface area contributed by atoms with Gasteiger partial charge in [0.25, 0.3) is 0 Å². The Morgan fingerprint density at radius 1 is 0.972 bits per heavy atom. The normalized spacial score (nSPS) is 12.9. The Bertz CT molecular complexity index is 1410. The lowest BCUT2D eigenvalue weighted by molar-refractivity contribution is 0.284. The molecular weight excluding hydrogens is 454 g/mol. The van der Waals surface area contributed by atoms with Gasteiger partial charge in [0.2, 0.25) is 0 Å². The van der Waals surface area contributed by atoms with Crippen molar-refractivity contribution in [1.82, 2.24) is 9.97 Å². The molecule has 8 heteroatoms. The second kappa shape index (κ2) is 10.4. The first-order valence-corrected chi connectivity index (χ1v) is 11.8. The number of hydrogen-bond acceptors (Lipinski definition) is 8. The van der Waals surface area contributed by atoms with Crippen molar-refractivity contribution in [2.24, 2.45) is 0 Å². The summed E-state index contributed by atoms with van der Waals surface area (Å²) in [5, 5.41) is 13.3. The third kappa shape index (κ3) is 4.82. The van der Waals surface area contributed by atoms with Crippen LogP contribution in [0.25, 0.3) is 11.0 Å². The van der Waals surface area contributed by atoms with Crippen LogP contribution in [0.15, 0.2) is 60.8 Å². The number of fused-ring (bicyclic) bond motifs is 1. The predicted octanol–water partition coefficient (Wildman–Crippen LogP) is 5.44. The molecule has 8 nitrogen and oxygen atoms in total. The van der Waals surface area contributed by atoms with Gasteiger partial charge in [-0.3, -0.25) is 4.98 Å². The van der Waals surface area contributed by atoms with Gasteiger partial charge in [-0.15, -0.1) is 0 Å². The molecule has 36 heavy (non-hydrogen) atoms. The Hall–Kier alpha value is -4.51. The van der Waals surface area contributed by atoms with Crippen molar-refractivity contribution in [3.05, 3.63) is 71.9 Å². The molecule has 0 unspecified atom stereocenters. The topological polar surface area (TPSA) is 92.5 Å². The molecule has 1 aliphatic rings. The van der Waals surface area contributed by atoms with Crippen LogP contribution in [0.1, 0.15) is 24.0 Å². The molecule has 0 amide bonds. The van der Waals surface area contributed by atoms with Gasteiger partial charge >= 0.3 is 0 Å². The first kappa shape index (κ1) is 23.2. The fourth-order valence-corrected chi connectivity index (χ4v) is 4.29. The van der Waals surface area contributed by atoms with E-state index in [1.54, 1.807) is 20.4 Å². The van der Waals surface area contributed by atoms with Crippen molar-refractivity contribution >= 4 is 28.2 Å².